The highest BCUT2D eigenvalue weighted by molar-refractivity contribution is 7.87. The normalized spacial score (nSPS) is 30.8. The highest BCUT2D eigenvalue weighted by atomic mass is 32.3. The molecule has 1 fully saturated rings. The summed E-state index contributed by atoms with van der Waals surface area (Å²) in [6.07, 6.45) is -0.648. The summed E-state index contributed by atoms with van der Waals surface area (Å²) >= 11 is 0. The van der Waals surface area contributed by atoms with E-state index in [1.54, 1.807) is 6.92 Å². The van der Waals surface area contributed by atoms with Gasteiger partial charge < -0.3 is 9.47 Å². The highest BCUT2D eigenvalue weighted by Crippen LogP contribution is 2.18. The molecule has 12 heavy (non-hydrogen) atoms. The van der Waals surface area contributed by atoms with E-state index in [0.717, 1.165) is 0 Å². The Kier molecular flexibility index (Phi) is 3.03. The summed E-state index contributed by atoms with van der Waals surface area (Å²) in [6.45, 7) is 2.13. The Morgan fingerprint density at radius 2 is 2.25 bits per heavy atom. The van der Waals surface area contributed by atoms with Crippen LogP contribution < -0.4 is 0 Å². The van der Waals surface area contributed by atoms with Crippen LogP contribution in [-0.4, -0.2) is 39.6 Å². The standard InChI is InChI=1S/C6H11FO4S/c1-2-11-5-3-10-4-6(5)12(7,8)9/h5-6H,2-4H2,1H3. The molecule has 0 N–H and O–H groups in total. The number of rotatable bonds is 3. The maximum Gasteiger partial charge on any atom is 0.310 e. The van der Waals surface area contributed by atoms with Crippen molar-refractivity contribution in [2.24, 2.45) is 0 Å². The van der Waals surface area contributed by atoms with Crippen molar-refractivity contribution < 1.29 is 21.8 Å². The summed E-state index contributed by atoms with van der Waals surface area (Å²) in [4.78, 5) is 0. The van der Waals surface area contributed by atoms with E-state index in [0.29, 0.717) is 6.61 Å². The second-order valence-electron chi connectivity index (χ2n) is 2.55. The molecule has 6 heteroatoms. The lowest BCUT2D eigenvalue weighted by Gasteiger charge is -2.12. The monoisotopic (exact) mass is 198 g/mol. The first-order valence-corrected chi connectivity index (χ1v) is 5.13. The van der Waals surface area contributed by atoms with Crippen molar-refractivity contribution in [2.75, 3.05) is 19.8 Å². The number of hydrogen-bond donors (Lipinski definition) is 0. The Labute approximate surface area is 70.9 Å². The van der Waals surface area contributed by atoms with Crippen molar-refractivity contribution in [3.05, 3.63) is 0 Å². The van der Waals surface area contributed by atoms with E-state index in [2.05, 4.69) is 0 Å². The van der Waals surface area contributed by atoms with Crippen LogP contribution in [0.15, 0.2) is 0 Å². The maximum absolute atomic E-state index is 12.5. The van der Waals surface area contributed by atoms with Crippen LogP contribution >= 0.6 is 0 Å². The van der Waals surface area contributed by atoms with Crippen molar-refractivity contribution in [1.82, 2.24) is 0 Å². The van der Waals surface area contributed by atoms with E-state index in [-0.39, 0.29) is 13.2 Å². The molecule has 2 unspecified atom stereocenters. The molecule has 0 radical (unpaired) electrons. The van der Waals surface area contributed by atoms with Crippen molar-refractivity contribution >= 4 is 10.2 Å². The second kappa shape index (κ2) is 3.68. The van der Waals surface area contributed by atoms with Gasteiger partial charge in [-0.25, -0.2) is 0 Å². The van der Waals surface area contributed by atoms with Crippen molar-refractivity contribution in [3.63, 3.8) is 0 Å². The third-order valence-electron chi connectivity index (χ3n) is 1.72. The molecule has 4 nitrogen and oxygen atoms in total. The number of hydrogen-bond acceptors (Lipinski definition) is 4. The Morgan fingerprint density at radius 1 is 1.58 bits per heavy atom. The molecule has 0 spiro atoms. The first-order chi connectivity index (χ1) is 5.55. The van der Waals surface area contributed by atoms with Gasteiger partial charge >= 0.3 is 10.2 Å². The average molecular weight is 198 g/mol. The second-order valence-corrected chi connectivity index (χ2v) is 4.10. The zero-order chi connectivity index (χ0) is 9.19. The van der Waals surface area contributed by atoms with Gasteiger partial charge in [0, 0.05) is 6.61 Å². The summed E-state index contributed by atoms with van der Waals surface area (Å²) in [6, 6.07) is 0. The van der Waals surface area contributed by atoms with Crippen LogP contribution in [0.4, 0.5) is 3.89 Å². The molecule has 0 aromatic rings. The minimum absolute atomic E-state index is 0.108. The molecule has 0 aromatic carbocycles. The molecule has 1 rings (SSSR count). The topological polar surface area (TPSA) is 52.6 Å². The summed E-state index contributed by atoms with van der Waals surface area (Å²) in [5.74, 6) is 0. The SMILES string of the molecule is CCOC1COCC1S(=O)(=O)F. The average Bonchev–Trinajstić information content (AvgIpc) is 2.34. The van der Waals surface area contributed by atoms with Gasteiger partial charge in [-0.1, -0.05) is 0 Å². The predicted octanol–water partition coefficient (Wildman–Crippen LogP) is 0.0896. The summed E-state index contributed by atoms with van der Waals surface area (Å²) in [5, 5.41) is -1.14. The molecule has 0 saturated carbocycles. The van der Waals surface area contributed by atoms with Crippen LogP contribution in [0.3, 0.4) is 0 Å². The molecule has 0 aromatic heterocycles. The lowest BCUT2D eigenvalue weighted by atomic mass is 10.3. The largest absolute Gasteiger partial charge is 0.377 e. The van der Waals surface area contributed by atoms with Crippen LogP contribution in [0.25, 0.3) is 0 Å². The van der Waals surface area contributed by atoms with Gasteiger partial charge in [0.15, 0.2) is 0 Å². The molecule has 1 aliphatic heterocycles. The predicted molar refractivity (Wildman–Crippen MR) is 40.0 cm³/mol. The van der Waals surface area contributed by atoms with E-state index in [1.165, 1.54) is 0 Å². The van der Waals surface area contributed by atoms with Crippen molar-refractivity contribution in [1.29, 1.82) is 0 Å². The molecule has 1 aliphatic rings. The van der Waals surface area contributed by atoms with Crippen molar-refractivity contribution in [3.8, 4) is 0 Å². The molecule has 0 bridgehead atoms. The molecule has 1 saturated heterocycles. The highest BCUT2D eigenvalue weighted by Gasteiger charge is 2.39. The molecular weight excluding hydrogens is 187 g/mol. The van der Waals surface area contributed by atoms with Crippen LogP contribution in [0.1, 0.15) is 6.92 Å². The zero-order valence-corrected chi connectivity index (χ0v) is 7.51. The third-order valence-corrected chi connectivity index (χ3v) is 2.88. The number of halogens is 1. The number of ether oxygens (including phenoxy) is 2. The van der Waals surface area contributed by atoms with Crippen LogP contribution in [0.2, 0.25) is 0 Å². The Balaban J connectivity index is 2.64. The van der Waals surface area contributed by atoms with Gasteiger partial charge in [-0.2, -0.15) is 8.42 Å². The molecular formula is C6H11FO4S. The summed E-state index contributed by atoms with van der Waals surface area (Å²) in [7, 11) is -4.52. The van der Waals surface area contributed by atoms with Crippen LogP contribution in [0, 0.1) is 0 Å². The minimum atomic E-state index is -4.52. The Bertz CT molecular complexity index is 238. The fraction of sp³-hybridized carbons (Fsp3) is 1.00. The third kappa shape index (κ3) is 2.15. The molecule has 1 heterocycles. The van der Waals surface area contributed by atoms with E-state index < -0.39 is 21.6 Å². The van der Waals surface area contributed by atoms with Crippen LogP contribution in [0.5, 0.6) is 0 Å². The summed E-state index contributed by atoms with van der Waals surface area (Å²) < 4.78 is 43.3. The van der Waals surface area contributed by atoms with Crippen LogP contribution in [-0.2, 0) is 19.7 Å². The van der Waals surface area contributed by atoms with Gasteiger partial charge in [0.05, 0.1) is 13.2 Å². The van der Waals surface area contributed by atoms with Crippen molar-refractivity contribution in [2.45, 2.75) is 18.3 Å². The minimum Gasteiger partial charge on any atom is -0.377 e. The lowest BCUT2D eigenvalue weighted by Crippen LogP contribution is -2.32. The van der Waals surface area contributed by atoms with E-state index in [9.17, 15) is 12.3 Å². The van der Waals surface area contributed by atoms with Gasteiger partial charge in [0.2, 0.25) is 0 Å². The van der Waals surface area contributed by atoms with Gasteiger partial charge in [-0.05, 0) is 6.92 Å². The first-order valence-electron chi connectivity index (χ1n) is 3.68. The maximum atomic E-state index is 12.5. The lowest BCUT2D eigenvalue weighted by molar-refractivity contribution is 0.0515. The van der Waals surface area contributed by atoms with Gasteiger partial charge in [0.1, 0.15) is 11.4 Å². The molecule has 72 valence electrons. The zero-order valence-electron chi connectivity index (χ0n) is 6.70. The molecule has 0 amide bonds. The van der Waals surface area contributed by atoms with E-state index in [1.807, 2.05) is 0 Å². The molecule has 0 aliphatic carbocycles. The summed E-state index contributed by atoms with van der Waals surface area (Å²) in [5.41, 5.74) is 0. The Morgan fingerprint density at radius 3 is 2.75 bits per heavy atom. The Hall–Kier alpha value is -0.200. The van der Waals surface area contributed by atoms with Gasteiger partial charge in [-0.15, -0.1) is 3.89 Å². The first kappa shape index (κ1) is 9.88. The fourth-order valence-electron chi connectivity index (χ4n) is 1.15. The quantitative estimate of drug-likeness (QED) is 0.603. The fourth-order valence-corrected chi connectivity index (χ4v) is 1.93. The molecule has 2 atom stereocenters. The van der Waals surface area contributed by atoms with E-state index in [4.69, 9.17) is 9.47 Å². The smallest absolute Gasteiger partial charge is 0.310 e. The van der Waals surface area contributed by atoms with E-state index >= 15 is 0 Å². The van der Waals surface area contributed by atoms with Gasteiger partial charge in [0.25, 0.3) is 0 Å². The van der Waals surface area contributed by atoms with Gasteiger partial charge in [-0.3, -0.25) is 0 Å².